The number of anilines is 1. The van der Waals surface area contributed by atoms with Gasteiger partial charge in [-0.3, -0.25) is 4.79 Å². The van der Waals surface area contributed by atoms with Crippen LogP contribution in [0.4, 0.5) is 5.69 Å². The molecule has 1 atom stereocenters. The summed E-state index contributed by atoms with van der Waals surface area (Å²) in [6, 6.07) is 5.13. The maximum Gasteiger partial charge on any atom is 0.253 e. The second-order valence-corrected chi connectivity index (χ2v) is 7.43. The van der Waals surface area contributed by atoms with Crippen LogP contribution in [-0.4, -0.2) is 23.9 Å². The van der Waals surface area contributed by atoms with Gasteiger partial charge in [0.15, 0.2) is 0 Å². The Kier molecular flexibility index (Phi) is 4.82. The van der Waals surface area contributed by atoms with Gasteiger partial charge in [0.2, 0.25) is 0 Å². The van der Waals surface area contributed by atoms with E-state index in [9.17, 15) is 4.79 Å². The first kappa shape index (κ1) is 16.2. The maximum atomic E-state index is 12.6. The average Bonchev–Trinajstić information content (AvgIpc) is 2.66. The molecule has 2 N–H and O–H groups in total. The number of nitrogens with two attached hydrogens (primary N) is 1. The van der Waals surface area contributed by atoms with Crippen LogP contribution in [0.1, 0.15) is 50.4 Å². The average molecular weight is 309 g/mol. The van der Waals surface area contributed by atoms with Gasteiger partial charge < -0.3 is 10.6 Å². The Morgan fingerprint density at radius 2 is 2.00 bits per heavy atom. The standard InChI is InChI=1S/C17H25ClN2O/c1-17(2,3)13-5-4-9-20(10-8-13)16(21)12-6-7-15(19)14(18)11-12/h6-7,11,13H,4-5,8-10,19H2,1-3H3. The van der Waals surface area contributed by atoms with Gasteiger partial charge >= 0.3 is 0 Å². The number of carbonyl (C=O) groups is 1. The summed E-state index contributed by atoms with van der Waals surface area (Å²) in [5.74, 6) is 0.733. The Hall–Kier alpha value is -1.22. The maximum absolute atomic E-state index is 12.6. The van der Waals surface area contributed by atoms with E-state index < -0.39 is 0 Å². The lowest BCUT2D eigenvalue weighted by atomic mass is 9.77. The van der Waals surface area contributed by atoms with Crippen LogP contribution < -0.4 is 5.73 Å². The topological polar surface area (TPSA) is 46.3 Å². The third-order valence-corrected chi connectivity index (χ3v) is 4.81. The van der Waals surface area contributed by atoms with Crippen molar-refractivity contribution in [3.05, 3.63) is 28.8 Å². The van der Waals surface area contributed by atoms with Crippen LogP contribution in [-0.2, 0) is 0 Å². The van der Waals surface area contributed by atoms with Crippen LogP contribution in [0.25, 0.3) is 0 Å². The van der Waals surface area contributed by atoms with Crippen LogP contribution in [0.5, 0.6) is 0 Å². The third kappa shape index (κ3) is 3.91. The summed E-state index contributed by atoms with van der Waals surface area (Å²) in [5.41, 5.74) is 7.15. The highest BCUT2D eigenvalue weighted by atomic mass is 35.5. The Morgan fingerprint density at radius 1 is 1.29 bits per heavy atom. The van der Waals surface area contributed by atoms with Crippen molar-refractivity contribution in [2.45, 2.75) is 40.0 Å². The Morgan fingerprint density at radius 3 is 2.62 bits per heavy atom. The molecular weight excluding hydrogens is 284 g/mol. The van der Waals surface area contributed by atoms with Crippen molar-refractivity contribution < 1.29 is 4.79 Å². The number of benzene rings is 1. The number of nitrogen functional groups attached to an aromatic ring is 1. The zero-order valence-electron chi connectivity index (χ0n) is 13.2. The van der Waals surface area contributed by atoms with Crippen LogP contribution in [0.3, 0.4) is 0 Å². The summed E-state index contributed by atoms with van der Waals surface area (Å²) in [5, 5.41) is 0.447. The smallest absolute Gasteiger partial charge is 0.253 e. The number of nitrogens with zero attached hydrogens (tertiary/aromatic N) is 1. The summed E-state index contributed by atoms with van der Waals surface area (Å²) in [4.78, 5) is 14.6. The number of rotatable bonds is 1. The lowest BCUT2D eigenvalue weighted by molar-refractivity contribution is 0.0755. The molecule has 21 heavy (non-hydrogen) atoms. The largest absolute Gasteiger partial charge is 0.398 e. The first-order valence-electron chi connectivity index (χ1n) is 7.63. The molecular formula is C17H25ClN2O. The highest BCUT2D eigenvalue weighted by Gasteiger charge is 2.28. The molecule has 4 heteroatoms. The molecule has 1 heterocycles. The van der Waals surface area contributed by atoms with Crippen molar-refractivity contribution in [3.63, 3.8) is 0 Å². The van der Waals surface area contributed by atoms with Crippen molar-refractivity contribution >= 4 is 23.2 Å². The minimum absolute atomic E-state index is 0.0615. The molecule has 116 valence electrons. The van der Waals surface area contributed by atoms with Gasteiger partial charge in [-0.1, -0.05) is 32.4 Å². The van der Waals surface area contributed by atoms with Gasteiger partial charge in [-0.2, -0.15) is 0 Å². The minimum atomic E-state index is 0.0615. The van der Waals surface area contributed by atoms with E-state index in [0.29, 0.717) is 27.6 Å². The van der Waals surface area contributed by atoms with Crippen LogP contribution in [0.2, 0.25) is 5.02 Å². The van der Waals surface area contributed by atoms with Crippen molar-refractivity contribution in [2.75, 3.05) is 18.8 Å². The van der Waals surface area contributed by atoms with Crippen molar-refractivity contribution in [1.82, 2.24) is 4.90 Å². The fourth-order valence-electron chi connectivity index (χ4n) is 3.01. The predicted octanol–water partition coefficient (Wildman–Crippen LogP) is 4.21. The summed E-state index contributed by atoms with van der Waals surface area (Å²) in [6.45, 7) is 8.51. The molecule has 1 aromatic carbocycles. The highest BCUT2D eigenvalue weighted by Crippen LogP contribution is 2.34. The fraction of sp³-hybridized carbons (Fsp3) is 0.588. The van der Waals surface area contributed by atoms with Gasteiger partial charge in [0, 0.05) is 18.7 Å². The van der Waals surface area contributed by atoms with E-state index in [-0.39, 0.29) is 5.91 Å². The second-order valence-electron chi connectivity index (χ2n) is 7.02. The molecule has 0 aromatic heterocycles. The molecule has 0 aliphatic carbocycles. The third-order valence-electron chi connectivity index (χ3n) is 4.49. The molecule has 1 amide bonds. The van der Waals surface area contributed by atoms with E-state index in [4.69, 9.17) is 17.3 Å². The first-order valence-corrected chi connectivity index (χ1v) is 8.01. The molecule has 1 aliphatic rings. The van der Waals surface area contributed by atoms with E-state index >= 15 is 0 Å². The molecule has 1 saturated heterocycles. The molecule has 1 aliphatic heterocycles. The SMILES string of the molecule is CC(C)(C)C1CCCN(C(=O)c2ccc(N)c(Cl)c2)CC1. The van der Waals surface area contributed by atoms with Crippen LogP contribution >= 0.6 is 11.6 Å². The van der Waals surface area contributed by atoms with Crippen molar-refractivity contribution in [1.29, 1.82) is 0 Å². The lowest BCUT2D eigenvalue weighted by Crippen LogP contribution is -2.32. The van der Waals surface area contributed by atoms with E-state index in [2.05, 4.69) is 20.8 Å². The van der Waals surface area contributed by atoms with Gasteiger partial charge in [-0.25, -0.2) is 0 Å². The fourth-order valence-corrected chi connectivity index (χ4v) is 3.19. The van der Waals surface area contributed by atoms with E-state index in [0.717, 1.165) is 25.9 Å². The van der Waals surface area contributed by atoms with Crippen LogP contribution in [0, 0.1) is 11.3 Å². The van der Waals surface area contributed by atoms with E-state index in [1.165, 1.54) is 6.42 Å². The second kappa shape index (κ2) is 6.27. The van der Waals surface area contributed by atoms with Crippen molar-refractivity contribution in [2.24, 2.45) is 11.3 Å². The molecule has 1 aromatic rings. The molecule has 1 fully saturated rings. The number of amides is 1. The van der Waals surface area contributed by atoms with E-state index in [1.54, 1.807) is 18.2 Å². The number of hydrogen-bond acceptors (Lipinski definition) is 2. The molecule has 2 rings (SSSR count). The van der Waals surface area contributed by atoms with Crippen LogP contribution in [0.15, 0.2) is 18.2 Å². The summed E-state index contributed by atoms with van der Waals surface area (Å²) < 4.78 is 0. The Bertz CT molecular complexity index is 522. The van der Waals surface area contributed by atoms with Gasteiger partial charge in [0.1, 0.15) is 0 Å². The van der Waals surface area contributed by atoms with E-state index in [1.807, 2.05) is 4.90 Å². The quantitative estimate of drug-likeness (QED) is 0.790. The first-order chi connectivity index (χ1) is 9.79. The Balaban J connectivity index is 2.08. The van der Waals surface area contributed by atoms with Gasteiger partial charge in [-0.15, -0.1) is 0 Å². The summed E-state index contributed by atoms with van der Waals surface area (Å²) in [6.07, 6.45) is 3.32. The van der Waals surface area contributed by atoms with Gasteiger partial charge in [0.25, 0.3) is 5.91 Å². The monoisotopic (exact) mass is 308 g/mol. The summed E-state index contributed by atoms with van der Waals surface area (Å²) in [7, 11) is 0. The highest BCUT2D eigenvalue weighted by molar-refractivity contribution is 6.33. The van der Waals surface area contributed by atoms with Gasteiger partial charge in [-0.05, 0) is 48.8 Å². The molecule has 1 unspecified atom stereocenters. The summed E-state index contributed by atoms with van der Waals surface area (Å²) >= 11 is 6.02. The molecule has 0 saturated carbocycles. The van der Waals surface area contributed by atoms with Gasteiger partial charge in [0.05, 0.1) is 10.7 Å². The Labute approximate surface area is 132 Å². The zero-order chi connectivity index (χ0) is 15.6. The number of likely N-dealkylation sites (tertiary alicyclic amines) is 1. The lowest BCUT2D eigenvalue weighted by Gasteiger charge is -2.29. The zero-order valence-corrected chi connectivity index (χ0v) is 13.9. The number of halogens is 1. The number of carbonyl (C=O) groups excluding carboxylic acids is 1. The number of hydrogen-bond donors (Lipinski definition) is 1. The molecule has 0 radical (unpaired) electrons. The normalized spacial score (nSPS) is 20.2. The predicted molar refractivity (Wildman–Crippen MR) is 88.6 cm³/mol. The molecule has 0 bridgehead atoms. The minimum Gasteiger partial charge on any atom is -0.398 e. The molecule has 0 spiro atoms. The molecule has 3 nitrogen and oxygen atoms in total. The van der Waals surface area contributed by atoms with Crippen molar-refractivity contribution in [3.8, 4) is 0 Å².